The number of ether oxygens (including phenoxy) is 5. The molecule has 3 fully saturated rings. The molecule has 3 heterocycles. The number of rotatable bonds is 24. The number of carbonyl (C=O) groups excluding carboxylic acids is 6. The maximum Gasteiger partial charge on any atom is 0.326 e. The molecule has 0 aliphatic carbocycles. The van der Waals surface area contributed by atoms with E-state index in [0.717, 1.165) is 6.92 Å². The third-order valence-corrected chi connectivity index (χ3v) is 10.4. The number of hydrogen-bond donors (Lipinski definition) is 13. The Morgan fingerprint density at radius 2 is 1.33 bits per heavy atom. The third-order valence-electron chi connectivity index (χ3n) is 10.4. The topological polar surface area (TPSA) is 419 Å². The van der Waals surface area contributed by atoms with Gasteiger partial charge in [0.25, 0.3) is 0 Å². The fourth-order valence-corrected chi connectivity index (χ4v) is 6.93. The van der Waals surface area contributed by atoms with Gasteiger partial charge in [0.2, 0.25) is 35.4 Å². The molecule has 362 valence electrons. The maximum absolute atomic E-state index is 13.5. The Morgan fingerprint density at radius 3 is 1.91 bits per heavy atom. The summed E-state index contributed by atoms with van der Waals surface area (Å²) in [5.41, 5.74) is 5.50. The Bertz CT molecular complexity index is 1710. The van der Waals surface area contributed by atoms with Crippen LogP contribution in [0.5, 0.6) is 0 Å². The lowest BCUT2D eigenvalue weighted by Crippen LogP contribution is -2.68. The highest BCUT2D eigenvalue weighted by atomic mass is 16.8. The molecule has 3 saturated heterocycles. The van der Waals surface area contributed by atoms with Crippen molar-refractivity contribution in [2.24, 2.45) is 5.73 Å². The van der Waals surface area contributed by atoms with E-state index in [4.69, 9.17) is 39.6 Å². The van der Waals surface area contributed by atoms with Gasteiger partial charge in [-0.15, -0.1) is 0 Å². The standard InChI is InChI=1S/C37H59N7O20/c1-13(30(51)44-20(35(58)59)9-10-23(48)43-19(8-6-7-18(38)34(56)57)32(53)40-14(2)33(54)55)39-31(52)15(3)61-29-25(42-17(5)47)36-60-12-22(63-36)28(29)64-37-24(41-16(4)46)27(50)26(49)21(11-45)62-37/h13-15,18-22,24-29,36-37,45,49-50H,6-12,38H2,1-5H3,(H,39,52)(H,40,53)(H,41,46)(H,42,47)(H,43,48)(H,44,51)(H,54,55)(H,56,57)(H,58,59)/t13-,14+,15-,18-,19+,20+,21+,22+,24+,25+,26+,27+,28+,29+,36+,37-/m0/s1. The van der Waals surface area contributed by atoms with Gasteiger partial charge in [-0.1, -0.05) is 0 Å². The molecular formula is C37H59N7O20. The smallest absolute Gasteiger partial charge is 0.326 e. The van der Waals surface area contributed by atoms with E-state index in [1.54, 1.807) is 0 Å². The number of hydrogen-bond acceptors (Lipinski definition) is 18. The van der Waals surface area contributed by atoms with Crippen molar-refractivity contribution in [1.82, 2.24) is 31.9 Å². The fraction of sp³-hybridized carbons (Fsp3) is 0.757. The van der Waals surface area contributed by atoms with Crippen LogP contribution in [0.1, 0.15) is 66.7 Å². The van der Waals surface area contributed by atoms with Gasteiger partial charge < -0.3 is 92.0 Å². The van der Waals surface area contributed by atoms with Gasteiger partial charge in [-0.25, -0.2) is 4.79 Å². The summed E-state index contributed by atoms with van der Waals surface area (Å²) in [7, 11) is 0. The second-order valence-corrected chi connectivity index (χ2v) is 15.6. The van der Waals surface area contributed by atoms with Gasteiger partial charge >= 0.3 is 17.9 Å². The lowest BCUT2D eigenvalue weighted by molar-refractivity contribution is -0.313. The summed E-state index contributed by atoms with van der Waals surface area (Å²) in [6.45, 7) is 5.13. The zero-order valence-electron chi connectivity index (χ0n) is 35.7. The zero-order chi connectivity index (χ0) is 48.2. The first-order valence-corrected chi connectivity index (χ1v) is 20.3. The molecule has 6 amide bonds. The van der Waals surface area contributed by atoms with E-state index >= 15 is 0 Å². The Kier molecular flexibility index (Phi) is 20.2. The minimum absolute atomic E-state index is 0.0293. The van der Waals surface area contributed by atoms with Gasteiger partial charge in [-0.2, -0.15) is 0 Å². The molecule has 0 spiro atoms. The molecule has 0 aromatic heterocycles. The van der Waals surface area contributed by atoms with Crippen LogP contribution in [0, 0.1) is 0 Å². The van der Waals surface area contributed by atoms with E-state index in [0.29, 0.717) is 0 Å². The SMILES string of the molecule is CC(=O)N[C@H]1[C@H](O[C@H]2[C@H](O[C@@H](C)C(=O)N[C@@H](C)C(=O)N[C@H](CCC(=O)N[C@H](CCC[C@H](N)C(=O)O)C(=O)N[C@H](C)C(=O)O)C(=O)O)[C@@H](NC(C)=O)[C@@H]3OC[C@H]2O3)O[C@H](CO)[C@@H](O)[C@@H]1O. The number of aliphatic carboxylic acids is 3. The Labute approximate surface area is 365 Å². The largest absolute Gasteiger partial charge is 0.480 e. The molecule has 3 aliphatic rings. The van der Waals surface area contributed by atoms with E-state index in [9.17, 15) is 63.6 Å². The Balaban J connectivity index is 1.69. The van der Waals surface area contributed by atoms with Crippen molar-refractivity contribution in [2.75, 3.05) is 13.2 Å². The Hall–Kier alpha value is -5.13. The van der Waals surface area contributed by atoms with Gasteiger partial charge in [-0.05, 0) is 46.5 Å². The van der Waals surface area contributed by atoms with Gasteiger partial charge in [0.1, 0.15) is 85.0 Å². The number of carbonyl (C=O) groups is 9. The van der Waals surface area contributed by atoms with Crippen molar-refractivity contribution in [2.45, 2.75) is 164 Å². The zero-order valence-corrected chi connectivity index (χ0v) is 35.7. The first-order valence-electron chi connectivity index (χ1n) is 20.3. The van der Waals surface area contributed by atoms with Crippen LogP contribution < -0.4 is 37.6 Å². The fourth-order valence-electron chi connectivity index (χ4n) is 6.93. The summed E-state index contributed by atoms with van der Waals surface area (Å²) in [6, 6.07) is -9.62. The monoisotopic (exact) mass is 921 g/mol. The quantitative estimate of drug-likeness (QED) is 0.0428. The molecule has 0 radical (unpaired) electrons. The number of aliphatic hydroxyl groups is 3. The van der Waals surface area contributed by atoms with E-state index in [2.05, 4.69) is 31.9 Å². The first-order chi connectivity index (χ1) is 29.9. The van der Waals surface area contributed by atoms with Crippen molar-refractivity contribution in [3.05, 3.63) is 0 Å². The summed E-state index contributed by atoms with van der Waals surface area (Å²) in [6.07, 6.45) is -13.6. The second-order valence-electron chi connectivity index (χ2n) is 15.6. The summed E-state index contributed by atoms with van der Waals surface area (Å²) in [5.74, 6) is -9.14. The number of carboxylic acid groups (broad SMARTS) is 3. The number of nitrogens with two attached hydrogens (primary N) is 1. The summed E-state index contributed by atoms with van der Waals surface area (Å²) in [5, 5.41) is 73.3. The van der Waals surface area contributed by atoms with Crippen LogP contribution in [0.25, 0.3) is 0 Å². The van der Waals surface area contributed by atoms with Crippen LogP contribution in [0.15, 0.2) is 0 Å². The van der Waals surface area contributed by atoms with Gasteiger partial charge in [0, 0.05) is 20.3 Å². The maximum atomic E-state index is 13.5. The van der Waals surface area contributed by atoms with Gasteiger partial charge in [0.15, 0.2) is 12.6 Å². The lowest BCUT2D eigenvalue weighted by atomic mass is 9.95. The minimum atomic E-state index is -1.69. The average Bonchev–Trinajstić information content (AvgIpc) is 3.66. The normalized spacial score (nSPS) is 29.0. The van der Waals surface area contributed by atoms with Crippen LogP contribution in [0.4, 0.5) is 0 Å². The molecule has 0 aromatic carbocycles. The highest BCUT2D eigenvalue weighted by Crippen LogP contribution is 2.35. The minimum Gasteiger partial charge on any atom is -0.480 e. The Morgan fingerprint density at radius 1 is 0.703 bits per heavy atom. The van der Waals surface area contributed by atoms with Crippen LogP contribution in [-0.4, -0.2) is 195 Å². The molecule has 3 aliphatic heterocycles. The predicted octanol–water partition coefficient (Wildman–Crippen LogP) is -6.14. The van der Waals surface area contributed by atoms with Crippen molar-refractivity contribution >= 4 is 53.4 Å². The number of fused-ring (bicyclic) bond motifs is 2. The summed E-state index contributed by atoms with van der Waals surface area (Å²) < 4.78 is 29.6. The van der Waals surface area contributed by atoms with Crippen LogP contribution in [0.3, 0.4) is 0 Å². The molecule has 27 nitrogen and oxygen atoms in total. The number of carboxylic acids is 3. The molecule has 2 bridgehead atoms. The van der Waals surface area contributed by atoms with E-state index < -0.39 is 170 Å². The number of nitrogens with one attached hydrogen (secondary N) is 6. The molecule has 16 atom stereocenters. The molecule has 0 aromatic rings. The third kappa shape index (κ3) is 15.0. The van der Waals surface area contributed by atoms with Crippen LogP contribution in [0.2, 0.25) is 0 Å². The molecule has 14 N–H and O–H groups in total. The van der Waals surface area contributed by atoms with Gasteiger partial charge in [-0.3, -0.25) is 38.4 Å². The van der Waals surface area contributed by atoms with Crippen LogP contribution >= 0.6 is 0 Å². The lowest BCUT2D eigenvalue weighted by Gasteiger charge is -2.47. The highest BCUT2D eigenvalue weighted by molar-refractivity contribution is 5.92. The van der Waals surface area contributed by atoms with E-state index in [1.807, 2.05) is 0 Å². The van der Waals surface area contributed by atoms with Crippen molar-refractivity contribution in [3.63, 3.8) is 0 Å². The second kappa shape index (κ2) is 24.2. The van der Waals surface area contributed by atoms with Crippen molar-refractivity contribution in [1.29, 1.82) is 0 Å². The average molecular weight is 922 g/mol. The summed E-state index contributed by atoms with van der Waals surface area (Å²) in [4.78, 5) is 111. The summed E-state index contributed by atoms with van der Waals surface area (Å²) >= 11 is 0. The van der Waals surface area contributed by atoms with E-state index in [1.165, 1.54) is 27.7 Å². The van der Waals surface area contributed by atoms with Crippen LogP contribution in [-0.2, 0) is 66.8 Å². The number of aliphatic hydroxyl groups excluding tert-OH is 3. The highest BCUT2D eigenvalue weighted by Gasteiger charge is 2.56. The predicted molar refractivity (Wildman–Crippen MR) is 210 cm³/mol. The van der Waals surface area contributed by atoms with E-state index in [-0.39, 0.29) is 25.9 Å². The van der Waals surface area contributed by atoms with Crippen molar-refractivity contribution < 1.29 is 97.5 Å². The molecule has 27 heteroatoms. The molecular weight excluding hydrogens is 862 g/mol. The molecule has 64 heavy (non-hydrogen) atoms. The molecule has 3 rings (SSSR count). The first kappa shape index (κ1) is 53.2. The number of amides is 6. The molecule has 0 saturated carbocycles. The molecule has 0 unspecified atom stereocenters. The van der Waals surface area contributed by atoms with Crippen molar-refractivity contribution in [3.8, 4) is 0 Å². The van der Waals surface area contributed by atoms with Gasteiger partial charge in [0.05, 0.1) is 13.2 Å².